The van der Waals surface area contributed by atoms with Crippen LogP contribution in [0.25, 0.3) is 0 Å². The first-order valence-corrected chi connectivity index (χ1v) is 8.02. The normalized spacial score (nSPS) is 21.9. The summed E-state index contributed by atoms with van der Waals surface area (Å²) in [6.45, 7) is 6.86. The molecule has 0 bridgehead atoms. The van der Waals surface area contributed by atoms with Gasteiger partial charge in [0.25, 0.3) is 0 Å². The van der Waals surface area contributed by atoms with Crippen LogP contribution in [0.15, 0.2) is 24.3 Å². The van der Waals surface area contributed by atoms with Crippen LogP contribution in [0.5, 0.6) is 0 Å². The number of fused-ring (bicyclic) bond motifs is 1. The molecule has 0 saturated carbocycles. The number of nitrogens with zero attached hydrogens (tertiary/aromatic N) is 4. The monoisotopic (exact) mass is 299 g/mol. The molecule has 0 aliphatic heterocycles. The van der Waals surface area contributed by atoms with Crippen molar-refractivity contribution in [3.63, 3.8) is 0 Å². The Morgan fingerprint density at radius 1 is 1.32 bits per heavy atom. The third kappa shape index (κ3) is 3.04. The molecule has 5 nitrogen and oxygen atoms in total. The van der Waals surface area contributed by atoms with Crippen molar-refractivity contribution in [2.75, 3.05) is 0 Å². The molecule has 0 amide bonds. The van der Waals surface area contributed by atoms with Gasteiger partial charge in [-0.15, -0.1) is 5.10 Å². The molecule has 0 radical (unpaired) electrons. The van der Waals surface area contributed by atoms with E-state index in [1.54, 1.807) is 4.68 Å². The minimum Gasteiger partial charge on any atom is -0.301 e. The zero-order valence-corrected chi connectivity index (χ0v) is 13.9. The molecule has 3 rings (SSSR count). The summed E-state index contributed by atoms with van der Waals surface area (Å²) in [5, 5.41) is 15.6. The lowest BCUT2D eigenvalue weighted by molar-refractivity contribution is 0.262. The highest BCUT2D eigenvalue weighted by atomic mass is 15.5. The third-order valence-electron chi connectivity index (χ3n) is 4.75. The zero-order valence-electron chi connectivity index (χ0n) is 13.9. The minimum absolute atomic E-state index is 0.118. The first kappa shape index (κ1) is 15.2. The van der Waals surface area contributed by atoms with Gasteiger partial charge in [0.15, 0.2) is 5.82 Å². The molecule has 0 saturated heterocycles. The maximum absolute atomic E-state index is 4.14. The van der Waals surface area contributed by atoms with Gasteiger partial charge in [0, 0.05) is 13.1 Å². The van der Waals surface area contributed by atoms with E-state index < -0.39 is 0 Å². The molecular weight excluding hydrogens is 274 g/mol. The molecule has 2 atom stereocenters. The molecule has 1 aliphatic rings. The van der Waals surface area contributed by atoms with E-state index in [0.717, 1.165) is 18.7 Å². The van der Waals surface area contributed by atoms with Crippen LogP contribution in [0.1, 0.15) is 62.6 Å². The molecular formula is C17H25N5. The van der Waals surface area contributed by atoms with E-state index in [1.807, 2.05) is 7.05 Å². The van der Waals surface area contributed by atoms with Crippen LogP contribution in [0.3, 0.4) is 0 Å². The molecule has 0 fully saturated rings. The van der Waals surface area contributed by atoms with E-state index in [4.69, 9.17) is 0 Å². The van der Waals surface area contributed by atoms with E-state index in [1.165, 1.54) is 17.5 Å². The van der Waals surface area contributed by atoms with Crippen molar-refractivity contribution < 1.29 is 0 Å². The third-order valence-corrected chi connectivity index (χ3v) is 4.75. The lowest BCUT2D eigenvalue weighted by atomic mass is 9.83. The number of aryl methyl sites for hydroxylation is 2. The first-order chi connectivity index (χ1) is 10.5. The number of hydrogen-bond acceptors (Lipinski definition) is 4. The summed E-state index contributed by atoms with van der Waals surface area (Å²) in [5.41, 5.74) is 3.22. The number of rotatable bonds is 3. The Labute approximate surface area is 132 Å². The van der Waals surface area contributed by atoms with Gasteiger partial charge in [0.05, 0.1) is 6.04 Å². The van der Waals surface area contributed by atoms with Gasteiger partial charge in [-0.3, -0.25) is 0 Å². The summed E-state index contributed by atoms with van der Waals surface area (Å²) in [6.07, 6.45) is 3.50. The van der Waals surface area contributed by atoms with Gasteiger partial charge in [0.2, 0.25) is 0 Å². The highest BCUT2D eigenvalue weighted by Gasteiger charge is 2.30. The van der Waals surface area contributed by atoms with Crippen LogP contribution in [-0.2, 0) is 13.5 Å². The zero-order chi connectivity index (χ0) is 15.7. The molecule has 2 aromatic rings. The van der Waals surface area contributed by atoms with Crippen molar-refractivity contribution in [2.24, 2.45) is 12.5 Å². The second kappa shape index (κ2) is 5.80. The van der Waals surface area contributed by atoms with Crippen molar-refractivity contribution in [1.29, 1.82) is 0 Å². The topological polar surface area (TPSA) is 55.6 Å². The average molecular weight is 299 g/mol. The number of hydrogen-bond donors (Lipinski definition) is 1. The highest BCUT2D eigenvalue weighted by Crippen LogP contribution is 2.40. The Balaban J connectivity index is 1.88. The van der Waals surface area contributed by atoms with E-state index in [2.05, 4.69) is 65.9 Å². The lowest BCUT2D eigenvalue weighted by Gasteiger charge is -2.29. The largest absolute Gasteiger partial charge is 0.301 e. The average Bonchev–Trinajstić information content (AvgIpc) is 2.85. The molecule has 0 unspecified atom stereocenters. The van der Waals surface area contributed by atoms with E-state index >= 15 is 0 Å². The summed E-state index contributed by atoms with van der Waals surface area (Å²) in [7, 11) is 1.89. The number of benzene rings is 1. The summed E-state index contributed by atoms with van der Waals surface area (Å²) in [5.74, 6) is 0.875. The Morgan fingerprint density at radius 2 is 2.09 bits per heavy atom. The van der Waals surface area contributed by atoms with Crippen LogP contribution >= 0.6 is 0 Å². The van der Waals surface area contributed by atoms with Crippen molar-refractivity contribution in [2.45, 2.75) is 52.1 Å². The maximum atomic E-state index is 4.14. The molecule has 5 heteroatoms. The smallest absolute Gasteiger partial charge is 0.167 e. The van der Waals surface area contributed by atoms with Crippen molar-refractivity contribution in [3.8, 4) is 0 Å². The highest BCUT2D eigenvalue weighted by molar-refractivity contribution is 5.32. The Morgan fingerprint density at radius 3 is 2.82 bits per heavy atom. The molecule has 1 N–H and O–H groups in total. The predicted octanol–water partition coefficient (Wildman–Crippen LogP) is 2.96. The second-order valence-electron chi connectivity index (χ2n) is 7.17. The summed E-state index contributed by atoms with van der Waals surface area (Å²) in [4.78, 5) is 0. The molecule has 118 valence electrons. The quantitative estimate of drug-likeness (QED) is 0.885. The molecule has 0 spiro atoms. The SMILES string of the molecule is C[C@@H](N[C@@H]1CC(C)(C)CCc2ccccc21)c1nnnn1C. The number of aromatic nitrogens is 4. The molecule has 22 heavy (non-hydrogen) atoms. The summed E-state index contributed by atoms with van der Waals surface area (Å²) < 4.78 is 1.74. The second-order valence-corrected chi connectivity index (χ2v) is 7.17. The van der Waals surface area contributed by atoms with Crippen molar-refractivity contribution in [3.05, 3.63) is 41.2 Å². The van der Waals surface area contributed by atoms with E-state index in [-0.39, 0.29) is 6.04 Å². The fourth-order valence-corrected chi connectivity index (χ4v) is 3.47. The number of tetrazole rings is 1. The van der Waals surface area contributed by atoms with Gasteiger partial charge in [-0.25, -0.2) is 4.68 Å². The fraction of sp³-hybridized carbons (Fsp3) is 0.588. The van der Waals surface area contributed by atoms with E-state index in [9.17, 15) is 0 Å². The van der Waals surface area contributed by atoms with Crippen LogP contribution in [0, 0.1) is 5.41 Å². The maximum Gasteiger partial charge on any atom is 0.167 e. The Kier molecular flexibility index (Phi) is 4.00. The lowest BCUT2D eigenvalue weighted by Crippen LogP contribution is -2.29. The van der Waals surface area contributed by atoms with Gasteiger partial charge in [0.1, 0.15) is 0 Å². The van der Waals surface area contributed by atoms with Gasteiger partial charge in [-0.1, -0.05) is 38.1 Å². The van der Waals surface area contributed by atoms with Gasteiger partial charge >= 0.3 is 0 Å². The molecule has 1 heterocycles. The fourth-order valence-electron chi connectivity index (χ4n) is 3.47. The summed E-state index contributed by atoms with van der Waals surface area (Å²) in [6, 6.07) is 9.26. The first-order valence-electron chi connectivity index (χ1n) is 8.02. The van der Waals surface area contributed by atoms with Crippen molar-refractivity contribution in [1.82, 2.24) is 25.5 Å². The van der Waals surface area contributed by atoms with Crippen LogP contribution < -0.4 is 5.32 Å². The van der Waals surface area contributed by atoms with Crippen LogP contribution in [0.2, 0.25) is 0 Å². The Bertz CT molecular complexity index is 646. The number of nitrogens with one attached hydrogen (secondary N) is 1. The standard InChI is InChI=1S/C17H25N5/c1-12(16-19-20-21-22(16)4)18-15-11-17(2,3)10-9-13-7-5-6-8-14(13)15/h5-8,12,15,18H,9-11H2,1-4H3/t12-,15-/m1/s1. The molecule has 1 aromatic carbocycles. The molecule has 1 aromatic heterocycles. The van der Waals surface area contributed by atoms with Crippen LogP contribution in [-0.4, -0.2) is 20.2 Å². The predicted molar refractivity (Wildman–Crippen MR) is 86.3 cm³/mol. The van der Waals surface area contributed by atoms with Crippen LogP contribution in [0.4, 0.5) is 0 Å². The summed E-state index contributed by atoms with van der Waals surface area (Å²) >= 11 is 0. The van der Waals surface area contributed by atoms with Crippen molar-refractivity contribution >= 4 is 0 Å². The minimum atomic E-state index is 0.118. The van der Waals surface area contributed by atoms with Gasteiger partial charge in [-0.05, 0) is 53.2 Å². The molecule has 1 aliphatic carbocycles. The van der Waals surface area contributed by atoms with Gasteiger partial charge < -0.3 is 5.32 Å². The van der Waals surface area contributed by atoms with Gasteiger partial charge in [-0.2, -0.15) is 0 Å². The van der Waals surface area contributed by atoms with E-state index in [0.29, 0.717) is 11.5 Å². The Hall–Kier alpha value is -1.75.